The normalized spacial score (nSPS) is 5.71. The smallest absolute Gasteiger partial charge is 0.240 e. The molecule has 40 valence electrons. The monoisotopic (exact) mass is 99.1 g/mol. The van der Waals surface area contributed by atoms with Gasteiger partial charge in [0.25, 0.3) is 0 Å². The second-order valence-corrected chi connectivity index (χ2v) is 0.640. The van der Waals surface area contributed by atoms with Crippen molar-refractivity contribution < 1.29 is 0 Å². The van der Waals surface area contributed by atoms with Crippen LogP contribution in [0.1, 0.15) is 7.43 Å². The fourth-order valence-corrected chi connectivity index (χ4v) is 0.0500. The van der Waals surface area contributed by atoms with Crippen LogP contribution in [0.15, 0.2) is 9.98 Å². The average molecular weight is 99.1 g/mol. The Morgan fingerprint density at radius 2 is 1.57 bits per heavy atom. The zero-order valence-corrected chi connectivity index (χ0v) is 3.31. The predicted molar refractivity (Wildman–Crippen MR) is 33.6 cm³/mol. The van der Waals surface area contributed by atoms with Crippen molar-refractivity contribution in [1.29, 1.82) is 5.41 Å². The van der Waals surface area contributed by atoms with E-state index in [0.717, 1.165) is 0 Å². The molecule has 0 saturated heterocycles. The maximum Gasteiger partial charge on any atom is 0.240 e. The van der Waals surface area contributed by atoms with Crippen LogP contribution in [0.4, 0.5) is 0 Å². The molecule has 0 heterocycles. The van der Waals surface area contributed by atoms with Crippen LogP contribution in [0.3, 0.4) is 0 Å². The SMILES string of the molecule is C.C=NC(=N)N=C. The summed E-state index contributed by atoms with van der Waals surface area (Å²) in [4.78, 5) is 6.22. The van der Waals surface area contributed by atoms with E-state index < -0.39 is 0 Å². The molecule has 1 N–H and O–H groups in total. The van der Waals surface area contributed by atoms with Crippen LogP contribution in [0.2, 0.25) is 0 Å². The first-order valence-corrected chi connectivity index (χ1v) is 1.33. The zero-order valence-electron chi connectivity index (χ0n) is 3.31. The maximum absolute atomic E-state index is 6.53. The van der Waals surface area contributed by atoms with E-state index in [4.69, 9.17) is 5.41 Å². The maximum atomic E-state index is 6.53. The molecular formula is C4H9N3. The van der Waals surface area contributed by atoms with Gasteiger partial charge in [0, 0.05) is 0 Å². The number of hydrogen-bond acceptors (Lipinski definition) is 1. The second-order valence-electron chi connectivity index (χ2n) is 0.640. The van der Waals surface area contributed by atoms with E-state index in [9.17, 15) is 0 Å². The molecule has 0 amide bonds. The van der Waals surface area contributed by atoms with Gasteiger partial charge in [0.05, 0.1) is 0 Å². The molecule has 7 heavy (non-hydrogen) atoms. The van der Waals surface area contributed by atoms with Gasteiger partial charge in [-0.25, -0.2) is 9.98 Å². The first-order chi connectivity index (χ1) is 2.81. The Morgan fingerprint density at radius 3 is 1.57 bits per heavy atom. The molecule has 3 nitrogen and oxygen atoms in total. The lowest BCUT2D eigenvalue weighted by Gasteiger charge is -1.74. The van der Waals surface area contributed by atoms with E-state index in [0.29, 0.717) is 0 Å². The minimum atomic E-state index is -0.130. The van der Waals surface area contributed by atoms with Crippen molar-refractivity contribution in [3.05, 3.63) is 0 Å². The van der Waals surface area contributed by atoms with Gasteiger partial charge in [0.1, 0.15) is 0 Å². The van der Waals surface area contributed by atoms with E-state index in [-0.39, 0.29) is 13.4 Å². The Hall–Kier alpha value is -0.990. The van der Waals surface area contributed by atoms with Crippen LogP contribution < -0.4 is 0 Å². The summed E-state index contributed by atoms with van der Waals surface area (Å²) in [7, 11) is 0. The van der Waals surface area contributed by atoms with Crippen LogP contribution in [0.25, 0.3) is 0 Å². The summed E-state index contributed by atoms with van der Waals surface area (Å²) in [6, 6.07) is 0. The predicted octanol–water partition coefficient (Wildman–Crippen LogP) is 0.958. The van der Waals surface area contributed by atoms with Gasteiger partial charge in [0.15, 0.2) is 0 Å². The third-order valence-corrected chi connectivity index (χ3v) is 0.300. The van der Waals surface area contributed by atoms with Gasteiger partial charge in [-0.1, -0.05) is 7.43 Å². The summed E-state index contributed by atoms with van der Waals surface area (Å²) in [5, 5.41) is 6.53. The van der Waals surface area contributed by atoms with E-state index >= 15 is 0 Å². The van der Waals surface area contributed by atoms with Gasteiger partial charge in [-0.15, -0.1) is 0 Å². The molecule has 0 aromatic heterocycles. The van der Waals surface area contributed by atoms with E-state index in [1.165, 1.54) is 0 Å². The van der Waals surface area contributed by atoms with Gasteiger partial charge in [-0.2, -0.15) is 0 Å². The highest BCUT2D eigenvalue weighted by Gasteiger charge is 1.71. The standard InChI is InChI=1S/C3H5N3.CH4/c1-5-3(4)6-2;/h4H,1-2H2;1H4. The van der Waals surface area contributed by atoms with Crippen molar-refractivity contribution >= 4 is 19.4 Å². The van der Waals surface area contributed by atoms with Gasteiger partial charge < -0.3 is 0 Å². The summed E-state index contributed by atoms with van der Waals surface area (Å²) >= 11 is 0. The van der Waals surface area contributed by atoms with E-state index in [1.807, 2.05) is 0 Å². The van der Waals surface area contributed by atoms with Gasteiger partial charge >= 0.3 is 0 Å². The van der Waals surface area contributed by atoms with Crippen molar-refractivity contribution in [2.24, 2.45) is 9.98 Å². The minimum absolute atomic E-state index is 0. The van der Waals surface area contributed by atoms with Crippen molar-refractivity contribution in [3.8, 4) is 0 Å². The first kappa shape index (κ1) is 9.38. The Balaban J connectivity index is 0. The number of nitrogens with one attached hydrogen (secondary N) is 1. The first-order valence-electron chi connectivity index (χ1n) is 1.33. The fourth-order valence-electron chi connectivity index (χ4n) is 0.0500. The largest absolute Gasteiger partial charge is 0.266 e. The Labute approximate surface area is 43.3 Å². The van der Waals surface area contributed by atoms with Crippen molar-refractivity contribution in [2.75, 3.05) is 0 Å². The summed E-state index contributed by atoms with van der Waals surface area (Å²) in [6.45, 7) is 6.05. The average Bonchev–Trinajstić information content (AvgIpc) is 1.65. The molecule has 0 atom stereocenters. The number of aliphatic imine (C=N–C) groups is 2. The summed E-state index contributed by atoms with van der Waals surface area (Å²) in [6.07, 6.45) is 0. The van der Waals surface area contributed by atoms with Crippen LogP contribution in [0.5, 0.6) is 0 Å². The molecule has 0 aromatic carbocycles. The third kappa shape index (κ3) is 5.01. The van der Waals surface area contributed by atoms with Gasteiger partial charge in [-0.3, -0.25) is 5.41 Å². The second kappa shape index (κ2) is 5.01. The highest BCUT2D eigenvalue weighted by molar-refractivity contribution is 5.84. The van der Waals surface area contributed by atoms with Crippen LogP contribution >= 0.6 is 0 Å². The lowest BCUT2D eigenvalue weighted by Crippen LogP contribution is -1.78. The minimum Gasteiger partial charge on any atom is -0.266 e. The van der Waals surface area contributed by atoms with Gasteiger partial charge in [0.2, 0.25) is 5.96 Å². The molecule has 0 bridgehead atoms. The Kier molecular flexibility index (Phi) is 6.71. The van der Waals surface area contributed by atoms with Crippen molar-refractivity contribution in [1.82, 2.24) is 0 Å². The van der Waals surface area contributed by atoms with Crippen molar-refractivity contribution in [3.63, 3.8) is 0 Å². The van der Waals surface area contributed by atoms with E-state index in [1.54, 1.807) is 0 Å². The molecule has 0 fully saturated rings. The van der Waals surface area contributed by atoms with Crippen molar-refractivity contribution in [2.45, 2.75) is 7.43 Å². The number of rotatable bonds is 0. The molecule has 0 rings (SSSR count). The number of hydrogen-bond donors (Lipinski definition) is 1. The molecule has 0 saturated carbocycles. The lowest BCUT2D eigenvalue weighted by atomic mass is 11.0. The highest BCUT2D eigenvalue weighted by atomic mass is 15.0. The summed E-state index contributed by atoms with van der Waals surface area (Å²) in [5.74, 6) is -0.130. The molecule has 0 spiro atoms. The molecule has 0 aliphatic rings. The fraction of sp³-hybridized carbons (Fsp3) is 0.250. The van der Waals surface area contributed by atoms with Crippen LogP contribution in [-0.4, -0.2) is 19.4 Å². The summed E-state index contributed by atoms with van der Waals surface area (Å²) in [5.41, 5.74) is 0. The number of guanidine groups is 1. The van der Waals surface area contributed by atoms with Crippen LogP contribution in [-0.2, 0) is 0 Å². The highest BCUT2D eigenvalue weighted by Crippen LogP contribution is 1.67. The third-order valence-electron chi connectivity index (χ3n) is 0.300. The topological polar surface area (TPSA) is 48.6 Å². The molecule has 0 unspecified atom stereocenters. The zero-order chi connectivity index (χ0) is 4.99. The molecule has 3 heteroatoms. The molecular weight excluding hydrogens is 90.1 g/mol. The quantitative estimate of drug-likeness (QED) is 0.347. The Morgan fingerprint density at radius 1 is 1.29 bits per heavy atom. The van der Waals surface area contributed by atoms with Gasteiger partial charge in [-0.05, 0) is 13.4 Å². The summed E-state index contributed by atoms with van der Waals surface area (Å²) < 4.78 is 0. The lowest BCUT2D eigenvalue weighted by molar-refractivity contribution is 1.40. The molecule has 0 radical (unpaired) electrons. The van der Waals surface area contributed by atoms with Crippen LogP contribution in [0, 0.1) is 5.41 Å². The van der Waals surface area contributed by atoms with E-state index in [2.05, 4.69) is 23.4 Å². The number of nitrogens with zero attached hydrogens (tertiary/aromatic N) is 2. The molecule has 0 aliphatic carbocycles. The molecule has 0 aliphatic heterocycles. The Bertz CT molecular complexity index is 74.9. The molecule has 0 aromatic rings.